The third-order valence-electron chi connectivity index (χ3n) is 3.59. The van der Waals surface area contributed by atoms with Gasteiger partial charge in [0.05, 0.1) is 13.2 Å². The molecular formula is C17H24N2O4. The van der Waals surface area contributed by atoms with Gasteiger partial charge in [0.1, 0.15) is 11.8 Å². The normalized spacial score (nSPS) is 14.4. The first-order chi connectivity index (χ1) is 10.8. The van der Waals surface area contributed by atoms with Crippen LogP contribution in [0.5, 0.6) is 5.75 Å². The fraction of sp³-hybridized carbons (Fsp3) is 0.412. The Kier molecular flexibility index (Phi) is 6.78. The topological polar surface area (TPSA) is 102 Å². The molecule has 0 fully saturated rings. The van der Waals surface area contributed by atoms with E-state index in [-0.39, 0.29) is 18.1 Å². The number of ether oxygens (including phenoxy) is 1. The summed E-state index contributed by atoms with van der Waals surface area (Å²) in [6.45, 7) is 7.15. The summed E-state index contributed by atoms with van der Waals surface area (Å²) in [6, 6.07) is 3.48. The maximum absolute atomic E-state index is 11.9. The van der Waals surface area contributed by atoms with Crippen LogP contribution >= 0.6 is 0 Å². The quantitative estimate of drug-likeness (QED) is 0.518. The molecule has 0 spiro atoms. The Hall–Kier alpha value is -2.34. The number of methoxy groups -OCH3 is 1. The molecule has 126 valence electrons. The molecule has 0 aromatic heterocycles. The summed E-state index contributed by atoms with van der Waals surface area (Å²) in [5, 5.41) is 12.5. The molecule has 0 aliphatic heterocycles. The van der Waals surface area contributed by atoms with E-state index in [1.807, 2.05) is 6.92 Å². The zero-order valence-corrected chi connectivity index (χ0v) is 13.7. The molecular weight excluding hydrogens is 296 g/mol. The molecule has 1 amide bonds. The average Bonchev–Trinajstić information content (AvgIpc) is 2.54. The second-order valence-corrected chi connectivity index (χ2v) is 5.49. The van der Waals surface area contributed by atoms with Crippen molar-refractivity contribution in [2.24, 2.45) is 5.73 Å². The molecule has 23 heavy (non-hydrogen) atoms. The standard InChI is InChI=1S/C17H24N2O4/c1-5-10(2)13-8-12(6-7-15(13)20)9-14(17(22)23-4)19-16(21)11(3)18/h5-8,10-11,14,20H,1,9,18H2,2-4H3,(H,19,21)/t10?,11-,14-/m0/s1. The van der Waals surface area contributed by atoms with Crippen LogP contribution in [-0.2, 0) is 20.7 Å². The van der Waals surface area contributed by atoms with E-state index < -0.39 is 24.0 Å². The highest BCUT2D eigenvalue weighted by Gasteiger charge is 2.23. The van der Waals surface area contributed by atoms with Crippen LogP contribution in [0.15, 0.2) is 30.9 Å². The average molecular weight is 320 g/mol. The van der Waals surface area contributed by atoms with Gasteiger partial charge in [-0.1, -0.05) is 25.1 Å². The second-order valence-electron chi connectivity index (χ2n) is 5.49. The third-order valence-corrected chi connectivity index (χ3v) is 3.59. The van der Waals surface area contributed by atoms with Crippen LogP contribution in [0.25, 0.3) is 0 Å². The number of nitrogens with two attached hydrogens (primary N) is 1. The maximum atomic E-state index is 11.9. The van der Waals surface area contributed by atoms with E-state index in [0.29, 0.717) is 5.56 Å². The lowest BCUT2D eigenvalue weighted by Crippen LogP contribution is -2.48. The fourth-order valence-electron chi connectivity index (χ4n) is 2.10. The predicted molar refractivity (Wildman–Crippen MR) is 88.0 cm³/mol. The van der Waals surface area contributed by atoms with Crippen LogP contribution in [0.2, 0.25) is 0 Å². The van der Waals surface area contributed by atoms with Crippen molar-refractivity contribution in [3.05, 3.63) is 42.0 Å². The molecule has 0 bridgehead atoms. The molecule has 1 rings (SSSR count). The van der Waals surface area contributed by atoms with Crippen molar-refractivity contribution >= 4 is 11.9 Å². The summed E-state index contributed by atoms with van der Waals surface area (Å²) < 4.78 is 4.73. The number of phenols is 1. The van der Waals surface area contributed by atoms with Gasteiger partial charge in [0, 0.05) is 17.9 Å². The van der Waals surface area contributed by atoms with Crippen molar-refractivity contribution < 1.29 is 19.4 Å². The van der Waals surface area contributed by atoms with Crippen LogP contribution in [0.4, 0.5) is 0 Å². The Morgan fingerprint density at radius 1 is 1.43 bits per heavy atom. The SMILES string of the molecule is C=CC(C)c1cc(C[C@H](NC(=O)[C@H](C)N)C(=O)OC)ccc1O. The molecule has 0 saturated carbocycles. The molecule has 1 aromatic rings. The number of allylic oxidation sites excluding steroid dienone is 1. The number of carbonyl (C=O) groups excluding carboxylic acids is 2. The molecule has 0 heterocycles. The Balaban J connectivity index is 3.01. The lowest BCUT2D eigenvalue weighted by atomic mass is 9.95. The van der Waals surface area contributed by atoms with Crippen LogP contribution in [0, 0.1) is 0 Å². The first kappa shape index (κ1) is 18.7. The zero-order valence-electron chi connectivity index (χ0n) is 13.7. The Labute approximate surface area is 136 Å². The molecule has 6 heteroatoms. The molecule has 0 aliphatic rings. The summed E-state index contributed by atoms with van der Waals surface area (Å²) in [5.74, 6) is -0.857. The van der Waals surface area contributed by atoms with Gasteiger partial charge >= 0.3 is 5.97 Å². The number of esters is 1. The maximum Gasteiger partial charge on any atom is 0.328 e. The van der Waals surface area contributed by atoms with Crippen molar-refractivity contribution in [1.29, 1.82) is 0 Å². The largest absolute Gasteiger partial charge is 0.508 e. The van der Waals surface area contributed by atoms with Crippen molar-refractivity contribution in [2.45, 2.75) is 38.3 Å². The third kappa shape index (κ3) is 5.10. The van der Waals surface area contributed by atoms with E-state index in [4.69, 9.17) is 10.5 Å². The number of hydrogen-bond acceptors (Lipinski definition) is 5. The minimum absolute atomic E-state index is 0.0369. The summed E-state index contributed by atoms with van der Waals surface area (Å²) in [7, 11) is 1.26. The molecule has 0 aliphatic carbocycles. The number of phenolic OH excluding ortho intramolecular Hbond substituents is 1. The van der Waals surface area contributed by atoms with Crippen LogP contribution < -0.4 is 11.1 Å². The number of hydrogen-bond donors (Lipinski definition) is 3. The predicted octanol–water partition coefficient (Wildman–Crippen LogP) is 1.23. The molecule has 3 atom stereocenters. The van der Waals surface area contributed by atoms with Gasteiger partial charge in [-0.2, -0.15) is 0 Å². The van der Waals surface area contributed by atoms with Crippen molar-refractivity contribution in [1.82, 2.24) is 5.32 Å². The van der Waals surface area contributed by atoms with Gasteiger partial charge in [0.25, 0.3) is 0 Å². The number of amides is 1. The van der Waals surface area contributed by atoms with E-state index in [2.05, 4.69) is 11.9 Å². The molecule has 0 saturated heterocycles. The van der Waals surface area contributed by atoms with Gasteiger partial charge in [-0.25, -0.2) is 4.79 Å². The number of nitrogens with one attached hydrogen (secondary N) is 1. The summed E-state index contributed by atoms with van der Waals surface area (Å²) in [5.41, 5.74) is 7.00. The smallest absolute Gasteiger partial charge is 0.328 e. The van der Waals surface area contributed by atoms with Crippen LogP contribution in [0.3, 0.4) is 0 Å². The molecule has 1 aromatic carbocycles. The van der Waals surface area contributed by atoms with Gasteiger partial charge in [0.15, 0.2) is 0 Å². The number of carbonyl (C=O) groups is 2. The number of aromatic hydroxyl groups is 1. The minimum Gasteiger partial charge on any atom is -0.508 e. The fourth-order valence-corrected chi connectivity index (χ4v) is 2.10. The highest BCUT2D eigenvalue weighted by Crippen LogP contribution is 2.27. The first-order valence-corrected chi connectivity index (χ1v) is 7.38. The van der Waals surface area contributed by atoms with Crippen molar-refractivity contribution in [3.63, 3.8) is 0 Å². The van der Waals surface area contributed by atoms with Gasteiger partial charge in [-0.05, 0) is 18.6 Å². The van der Waals surface area contributed by atoms with Crippen LogP contribution in [-0.4, -0.2) is 36.2 Å². The van der Waals surface area contributed by atoms with Crippen molar-refractivity contribution in [3.8, 4) is 5.75 Å². The number of rotatable bonds is 7. The van der Waals surface area contributed by atoms with Crippen molar-refractivity contribution in [2.75, 3.05) is 7.11 Å². The van der Waals surface area contributed by atoms with Gasteiger partial charge in [0.2, 0.25) is 5.91 Å². The number of benzene rings is 1. The molecule has 1 unspecified atom stereocenters. The summed E-state index contributed by atoms with van der Waals surface area (Å²) in [4.78, 5) is 23.6. The molecule has 6 nitrogen and oxygen atoms in total. The van der Waals surface area contributed by atoms with E-state index in [9.17, 15) is 14.7 Å². The highest BCUT2D eigenvalue weighted by atomic mass is 16.5. The van der Waals surface area contributed by atoms with E-state index in [1.54, 1.807) is 24.3 Å². The van der Waals surface area contributed by atoms with Gasteiger partial charge in [-0.15, -0.1) is 6.58 Å². The Morgan fingerprint density at radius 2 is 2.09 bits per heavy atom. The Bertz CT molecular complexity index is 584. The highest BCUT2D eigenvalue weighted by molar-refractivity contribution is 5.87. The van der Waals surface area contributed by atoms with Gasteiger partial charge in [-0.3, -0.25) is 4.79 Å². The zero-order chi connectivity index (χ0) is 17.6. The minimum atomic E-state index is -0.838. The summed E-state index contributed by atoms with van der Waals surface area (Å²) >= 11 is 0. The molecule has 4 N–H and O–H groups in total. The lowest BCUT2D eigenvalue weighted by Gasteiger charge is -2.19. The van der Waals surface area contributed by atoms with Gasteiger partial charge < -0.3 is 20.9 Å². The monoisotopic (exact) mass is 320 g/mol. The van der Waals surface area contributed by atoms with E-state index in [1.165, 1.54) is 14.0 Å². The van der Waals surface area contributed by atoms with Crippen LogP contribution in [0.1, 0.15) is 30.9 Å². The lowest BCUT2D eigenvalue weighted by molar-refractivity contribution is -0.145. The summed E-state index contributed by atoms with van der Waals surface area (Å²) in [6.07, 6.45) is 1.96. The molecule has 0 radical (unpaired) electrons. The van der Waals surface area contributed by atoms with E-state index in [0.717, 1.165) is 5.56 Å². The second kappa shape index (κ2) is 8.33. The Morgan fingerprint density at radius 3 is 2.61 bits per heavy atom. The van der Waals surface area contributed by atoms with E-state index >= 15 is 0 Å². The first-order valence-electron chi connectivity index (χ1n) is 7.38.